The number of rotatable bonds is 8. The van der Waals surface area contributed by atoms with E-state index in [9.17, 15) is 9.59 Å². The number of hydrogen-bond acceptors (Lipinski definition) is 4. The summed E-state index contributed by atoms with van der Waals surface area (Å²) in [6.07, 6.45) is 3.03. The zero-order valence-corrected chi connectivity index (χ0v) is 24.4. The van der Waals surface area contributed by atoms with Gasteiger partial charge in [0, 0.05) is 45.3 Å². The molecule has 3 amide bonds. The lowest BCUT2D eigenvalue weighted by Crippen LogP contribution is -2.56. The molecule has 2 heterocycles. The number of likely N-dealkylation sites (tertiary alicyclic amines) is 2. The molecule has 216 valence electrons. The van der Waals surface area contributed by atoms with Gasteiger partial charge >= 0.3 is 6.03 Å². The summed E-state index contributed by atoms with van der Waals surface area (Å²) in [7, 11) is 0. The van der Waals surface area contributed by atoms with Crippen molar-refractivity contribution in [3.05, 3.63) is 95.0 Å². The van der Waals surface area contributed by atoms with Crippen molar-refractivity contribution in [1.82, 2.24) is 20.4 Å². The van der Waals surface area contributed by atoms with E-state index in [2.05, 4.69) is 27.7 Å². The molecule has 2 saturated heterocycles. The second-order valence-electron chi connectivity index (χ2n) is 11.0. The van der Waals surface area contributed by atoms with Crippen molar-refractivity contribution in [1.29, 1.82) is 0 Å². The van der Waals surface area contributed by atoms with E-state index in [0.717, 1.165) is 43.8 Å². The summed E-state index contributed by atoms with van der Waals surface area (Å²) < 4.78 is 6.01. The molecule has 3 aromatic rings. The van der Waals surface area contributed by atoms with Crippen molar-refractivity contribution in [2.75, 3.05) is 32.7 Å². The molecule has 2 fully saturated rings. The number of halogens is 1. The molecule has 8 heteroatoms. The molecular formula is C33H39ClN4O3. The number of urea groups is 1. The van der Waals surface area contributed by atoms with Gasteiger partial charge in [0.25, 0.3) is 0 Å². The van der Waals surface area contributed by atoms with Crippen LogP contribution in [0, 0.1) is 0 Å². The third kappa shape index (κ3) is 7.03. The van der Waals surface area contributed by atoms with Crippen LogP contribution >= 0.6 is 11.6 Å². The van der Waals surface area contributed by atoms with Gasteiger partial charge in [-0.3, -0.25) is 9.69 Å². The van der Waals surface area contributed by atoms with Gasteiger partial charge in [0.2, 0.25) is 5.91 Å². The Morgan fingerprint density at radius 2 is 1.63 bits per heavy atom. The lowest BCUT2D eigenvalue weighted by Gasteiger charge is -2.42. The number of para-hydroxylation sites is 1. The minimum absolute atomic E-state index is 0.0529. The molecule has 0 saturated carbocycles. The fraction of sp³-hybridized carbons (Fsp3) is 0.394. The minimum Gasteiger partial charge on any atom is -0.456 e. The van der Waals surface area contributed by atoms with Gasteiger partial charge in [-0.2, -0.15) is 0 Å². The highest BCUT2D eigenvalue weighted by atomic mass is 35.5. The average Bonchev–Trinajstić information content (AvgIpc) is 3.00. The summed E-state index contributed by atoms with van der Waals surface area (Å²) >= 11 is 6.26. The highest BCUT2D eigenvalue weighted by Crippen LogP contribution is 2.36. The summed E-state index contributed by atoms with van der Waals surface area (Å²) in [4.78, 5) is 30.6. The summed E-state index contributed by atoms with van der Waals surface area (Å²) in [6, 6.07) is 25.8. The Bertz CT molecular complexity index is 1320. The predicted molar refractivity (Wildman–Crippen MR) is 162 cm³/mol. The smallest absolute Gasteiger partial charge is 0.317 e. The maximum absolute atomic E-state index is 13.9. The van der Waals surface area contributed by atoms with Crippen LogP contribution < -0.4 is 15.4 Å². The third-order valence-corrected chi connectivity index (χ3v) is 8.60. The maximum Gasteiger partial charge on any atom is 0.317 e. The Morgan fingerprint density at radius 1 is 0.927 bits per heavy atom. The number of nitrogens with zero attached hydrogens (tertiary/aromatic N) is 2. The van der Waals surface area contributed by atoms with E-state index in [4.69, 9.17) is 16.3 Å². The van der Waals surface area contributed by atoms with Crippen LogP contribution in [-0.2, 0) is 16.8 Å². The average molecular weight is 575 g/mol. The van der Waals surface area contributed by atoms with E-state index in [1.807, 2.05) is 78.6 Å². The summed E-state index contributed by atoms with van der Waals surface area (Å²) in [6.45, 7) is 6.28. The second-order valence-corrected chi connectivity index (χ2v) is 11.4. The molecule has 2 aliphatic heterocycles. The molecular weight excluding hydrogens is 536 g/mol. The standard InChI is InChI=1S/C33H39ClN4O3/c1-2-35-32(40)38-21-17-33(18-22-38,26-10-4-3-5-11-26)31(39)36-27-15-19-37(20-16-27)24-25-9-8-12-28(23-25)41-30-14-7-6-13-29(30)34/h3-14,23,27H,2,15-22,24H2,1H3,(H,35,40)(H,36,39). The quantitative estimate of drug-likeness (QED) is 0.347. The van der Waals surface area contributed by atoms with Crippen LogP contribution in [0.5, 0.6) is 11.5 Å². The third-order valence-electron chi connectivity index (χ3n) is 8.29. The first kappa shape index (κ1) is 29.0. The summed E-state index contributed by atoms with van der Waals surface area (Å²) in [5.41, 5.74) is 1.59. The summed E-state index contributed by atoms with van der Waals surface area (Å²) in [5.74, 6) is 1.50. The SMILES string of the molecule is CCNC(=O)N1CCC(C(=O)NC2CCN(Cc3cccc(Oc4ccccc4Cl)c3)CC2)(c2ccccc2)CC1. The molecule has 0 spiro atoms. The fourth-order valence-electron chi connectivity index (χ4n) is 5.94. The van der Waals surface area contributed by atoms with E-state index in [1.165, 1.54) is 5.56 Å². The van der Waals surface area contributed by atoms with E-state index in [0.29, 0.717) is 43.2 Å². The number of carbonyl (C=O) groups excluding carboxylic acids is 2. The molecule has 0 aromatic heterocycles. The van der Waals surface area contributed by atoms with Crippen LogP contribution in [0.1, 0.15) is 43.7 Å². The molecule has 3 aromatic carbocycles. The molecule has 0 radical (unpaired) electrons. The first-order valence-electron chi connectivity index (χ1n) is 14.6. The Hall–Kier alpha value is -3.55. The van der Waals surface area contributed by atoms with E-state index < -0.39 is 5.41 Å². The molecule has 2 N–H and O–H groups in total. The van der Waals surface area contributed by atoms with Crippen LogP contribution in [0.25, 0.3) is 0 Å². The number of amides is 3. The molecule has 0 atom stereocenters. The summed E-state index contributed by atoms with van der Waals surface area (Å²) in [5, 5.41) is 6.88. The van der Waals surface area contributed by atoms with Gasteiger partial charge in [-0.25, -0.2) is 4.79 Å². The molecule has 5 rings (SSSR count). The van der Waals surface area contributed by atoms with E-state index in [-0.39, 0.29) is 18.0 Å². The van der Waals surface area contributed by atoms with Crippen molar-refractivity contribution < 1.29 is 14.3 Å². The largest absolute Gasteiger partial charge is 0.456 e. The fourth-order valence-corrected chi connectivity index (χ4v) is 6.11. The van der Waals surface area contributed by atoms with Crippen molar-refractivity contribution in [3.63, 3.8) is 0 Å². The monoisotopic (exact) mass is 574 g/mol. The van der Waals surface area contributed by atoms with Crippen LogP contribution in [-0.4, -0.2) is 60.5 Å². The highest BCUT2D eigenvalue weighted by molar-refractivity contribution is 6.32. The first-order valence-corrected chi connectivity index (χ1v) is 15.0. The topological polar surface area (TPSA) is 73.9 Å². The number of benzene rings is 3. The van der Waals surface area contributed by atoms with Crippen LogP contribution in [0.2, 0.25) is 5.02 Å². The molecule has 7 nitrogen and oxygen atoms in total. The van der Waals surface area contributed by atoms with E-state index in [1.54, 1.807) is 0 Å². The van der Waals surface area contributed by atoms with Crippen LogP contribution in [0.3, 0.4) is 0 Å². The maximum atomic E-state index is 13.9. The van der Waals surface area contributed by atoms with Crippen molar-refractivity contribution >= 4 is 23.5 Å². The van der Waals surface area contributed by atoms with Gasteiger partial charge in [0.15, 0.2) is 0 Å². The minimum atomic E-state index is -0.622. The van der Waals surface area contributed by atoms with Gasteiger partial charge in [0.1, 0.15) is 11.5 Å². The number of piperidine rings is 2. The van der Waals surface area contributed by atoms with Crippen molar-refractivity contribution in [3.8, 4) is 11.5 Å². The Labute approximate surface area is 247 Å². The van der Waals surface area contributed by atoms with Crippen molar-refractivity contribution in [2.45, 2.75) is 50.6 Å². The van der Waals surface area contributed by atoms with Gasteiger partial charge in [-0.05, 0) is 68.0 Å². The highest BCUT2D eigenvalue weighted by Gasteiger charge is 2.44. The van der Waals surface area contributed by atoms with Gasteiger partial charge in [0.05, 0.1) is 10.4 Å². The lowest BCUT2D eigenvalue weighted by atomic mass is 9.71. The molecule has 0 aliphatic carbocycles. The lowest BCUT2D eigenvalue weighted by molar-refractivity contribution is -0.129. The normalized spacial score (nSPS) is 17.6. The van der Waals surface area contributed by atoms with E-state index >= 15 is 0 Å². The molecule has 41 heavy (non-hydrogen) atoms. The van der Waals surface area contributed by atoms with Crippen LogP contribution in [0.4, 0.5) is 4.79 Å². The Kier molecular flexibility index (Phi) is 9.47. The van der Waals surface area contributed by atoms with Crippen LogP contribution in [0.15, 0.2) is 78.9 Å². The number of carbonyl (C=O) groups is 2. The zero-order valence-electron chi connectivity index (χ0n) is 23.7. The number of hydrogen-bond donors (Lipinski definition) is 2. The Morgan fingerprint density at radius 3 is 2.34 bits per heavy atom. The van der Waals surface area contributed by atoms with Gasteiger partial charge < -0.3 is 20.3 Å². The van der Waals surface area contributed by atoms with Gasteiger partial charge in [-0.15, -0.1) is 0 Å². The molecule has 0 unspecified atom stereocenters. The first-order chi connectivity index (χ1) is 20.0. The van der Waals surface area contributed by atoms with Crippen molar-refractivity contribution in [2.24, 2.45) is 0 Å². The zero-order chi connectivity index (χ0) is 28.7. The Balaban J connectivity index is 1.17. The molecule has 2 aliphatic rings. The second kappa shape index (κ2) is 13.4. The predicted octanol–water partition coefficient (Wildman–Crippen LogP) is 5.98. The van der Waals surface area contributed by atoms with Gasteiger partial charge in [-0.1, -0.05) is 66.2 Å². The number of ether oxygens (including phenoxy) is 1. The number of nitrogens with one attached hydrogen (secondary N) is 2. The molecule has 0 bridgehead atoms.